The summed E-state index contributed by atoms with van der Waals surface area (Å²) in [5.41, 5.74) is 2.41. The molecule has 0 radical (unpaired) electrons. The quantitative estimate of drug-likeness (QED) is 0.795. The molecule has 90 valence electrons. The molecule has 1 fully saturated rings. The Morgan fingerprint density at radius 2 is 2.41 bits per heavy atom. The minimum atomic E-state index is -0.0799. The van der Waals surface area contributed by atoms with E-state index in [1.54, 1.807) is 6.07 Å². The smallest absolute Gasteiger partial charge is 0.309 e. The fourth-order valence-electron chi connectivity index (χ4n) is 3.17. The summed E-state index contributed by atoms with van der Waals surface area (Å²) in [6, 6.07) is 5.51. The van der Waals surface area contributed by atoms with Crippen LogP contribution in [0.5, 0.6) is 5.75 Å². The fourth-order valence-corrected chi connectivity index (χ4v) is 3.17. The molecule has 1 aromatic carbocycles. The van der Waals surface area contributed by atoms with E-state index in [0.29, 0.717) is 12.4 Å². The Morgan fingerprint density at radius 3 is 3.18 bits per heavy atom. The molecule has 0 saturated heterocycles. The average molecular weight is 232 g/mol. The van der Waals surface area contributed by atoms with E-state index < -0.39 is 0 Å². The summed E-state index contributed by atoms with van der Waals surface area (Å²) in [5, 5.41) is 9.57. The van der Waals surface area contributed by atoms with Crippen LogP contribution in [0, 0.1) is 5.92 Å². The van der Waals surface area contributed by atoms with Crippen LogP contribution < -0.4 is 0 Å². The van der Waals surface area contributed by atoms with Gasteiger partial charge in [-0.2, -0.15) is 0 Å². The number of carbonyl (C=O) groups is 1. The molecule has 17 heavy (non-hydrogen) atoms. The van der Waals surface area contributed by atoms with Gasteiger partial charge in [-0.25, -0.2) is 0 Å². The van der Waals surface area contributed by atoms with Gasteiger partial charge in [-0.05, 0) is 49.4 Å². The molecule has 0 amide bonds. The minimum absolute atomic E-state index is 0.00509. The maximum Gasteiger partial charge on any atom is 0.309 e. The first kappa shape index (κ1) is 10.6. The topological polar surface area (TPSA) is 46.5 Å². The third-order valence-electron chi connectivity index (χ3n) is 4.12. The Kier molecular flexibility index (Phi) is 2.18. The lowest BCUT2D eigenvalue weighted by Crippen LogP contribution is -2.15. The Hall–Kier alpha value is -1.51. The molecule has 0 aliphatic heterocycles. The Labute approximate surface area is 100 Å². The molecule has 2 aliphatic rings. The van der Waals surface area contributed by atoms with Gasteiger partial charge in [0.05, 0.1) is 12.5 Å². The average Bonchev–Trinajstić information content (AvgIpc) is 2.93. The number of benzene rings is 1. The first-order chi connectivity index (χ1) is 8.17. The van der Waals surface area contributed by atoms with Crippen LogP contribution in [0.3, 0.4) is 0 Å². The van der Waals surface area contributed by atoms with Crippen molar-refractivity contribution in [3.63, 3.8) is 0 Å². The van der Waals surface area contributed by atoms with Gasteiger partial charge in [0.2, 0.25) is 0 Å². The van der Waals surface area contributed by atoms with Gasteiger partial charge in [-0.1, -0.05) is 6.07 Å². The lowest BCUT2D eigenvalue weighted by molar-refractivity contribution is -0.145. The molecular weight excluding hydrogens is 216 g/mol. The summed E-state index contributed by atoms with van der Waals surface area (Å²) in [4.78, 5) is 11.8. The second-order valence-corrected chi connectivity index (χ2v) is 5.01. The number of phenolic OH excluding ortho intramolecular Hbond substituents is 1. The van der Waals surface area contributed by atoms with Crippen LogP contribution in [0.15, 0.2) is 18.2 Å². The predicted octanol–water partition coefficient (Wildman–Crippen LogP) is 2.16. The zero-order valence-electron chi connectivity index (χ0n) is 9.90. The van der Waals surface area contributed by atoms with Crippen LogP contribution >= 0.6 is 0 Å². The molecular formula is C14H16O3. The number of phenols is 1. The van der Waals surface area contributed by atoms with E-state index in [-0.39, 0.29) is 17.3 Å². The Morgan fingerprint density at radius 1 is 1.59 bits per heavy atom. The molecule has 1 N–H and O–H groups in total. The maximum absolute atomic E-state index is 11.8. The molecule has 1 aromatic rings. The SMILES string of the molecule is CCOC(=O)C1C[C@]12CCc1ccc(O)cc12. The molecule has 0 bridgehead atoms. The van der Waals surface area contributed by atoms with Gasteiger partial charge >= 0.3 is 5.97 Å². The van der Waals surface area contributed by atoms with E-state index in [9.17, 15) is 9.90 Å². The number of hydrogen-bond donors (Lipinski definition) is 1. The molecule has 1 unspecified atom stereocenters. The summed E-state index contributed by atoms with van der Waals surface area (Å²) in [6.07, 6.45) is 2.89. The van der Waals surface area contributed by atoms with Crippen LogP contribution in [0.1, 0.15) is 30.9 Å². The minimum Gasteiger partial charge on any atom is -0.508 e. The molecule has 1 spiro atoms. The lowest BCUT2D eigenvalue weighted by Gasteiger charge is -2.11. The zero-order chi connectivity index (χ0) is 12.0. The largest absolute Gasteiger partial charge is 0.508 e. The molecule has 2 aliphatic carbocycles. The molecule has 1 saturated carbocycles. The number of aryl methyl sites for hydroxylation is 1. The fraction of sp³-hybridized carbons (Fsp3) is 0.500. The van der Waals surface area contributed by atoms with E-state index >= 15 is 0 Å². The van der Waals surface area contributed by atoms with Crippen molar-refractivity contribution in [3.8, 4) is 5.75 Å². The van der Waals surface area contributed by atoms with Crippen LogP contribution in [-0.4, -0.2) is 17.7 Å². The lowest BCUT2D eigenvalue weighted by atomic mass is 9.95. The van der Waals surface area contributed by atoms with Crippen LogP contribution in [0.2, 0.25) is 0 Å². The van der Waals surface area contributed by atoms with Crippen molar-refractivity contribution < 1.29 is 14.6 Å². The second kappa shape index (κ2) is 3.49. The van der Waals surface area contributed by atoms with Crippen molar-refractivity contribution in [2.24, 2.45) is 5.92 Å². The molecule has 2 atom stereocenters. The van der Waals surface area contributed by atoms with Crippen molar-refractivity contribution in [1.29, 1.82) is 0 Å². The number of fused-ring (bicyclic) bond motifs is 2. The highest BCUT2D eigenvalue weighted by atomic mass is 16.5. The van der Waals surface area contributed by atoms with Gasteiger partial charge in [-0.15, -0.1) is 0 Å². The van der Waals surface area contributed by atoms with Gasteiger partial charge in [-0.3, -0.25) is 4.79 Å². The van der Waals surface area contributed by atoms with Crippen LogP contribution in [-0.2, 0) is 21.4 Å². The van der Waals surface area contributed by atoms with Crippen LogP contribution in [0.4, 0.5) is 0 Å². The number of aromatic hydroxyl groups is 1. The number of rotatable bonds is 2. The Bertz CT molecular complexity index is 480. The number of esters is 1. The van der Waals surface area contributed by atoms with Gasteiger partial charge in [0, 0.05) is 5.41 Å². The Balaban J connectivity index is 1.90. The van der Waals surface area contributed by atoms with Gasteiger partial charge in [0.15, 0.2) is 0 Å². The highest BCUT2D eigenvalue weighted by molar-refractivity contribution is 5.80. The van der Waals surface area contributed by atoms with Crippen molar-refractivity contribution >= 4 is 5.97 Å². The molecule has 0 aromatic heterocycles. The molecule has 3 heteroatoms. The van der Waals surface area contributed by atoms with Gasteiger partial charge in [0.1, 0.15) is 5.75 Å². The highest BCUT2D eigenvalue weighted by Crippen LogP contribution is 2.62. The van der Waals surface area contributed by atoms with E-state index in [2.05, 4.69) is 0 Å². The first-order valence-electron chi connectivity index (χ1n) is 6.16. The summed E-state index contributed by atoms with van der Waals surface area (Å²) < 4.78 is 5.10. The molecule has 0 heterocycles. The maximum atomic E-state index is 11.8. The van der Waals surface area contributed by atoms with Crippen molar-refractivity contribution in [1.82, 2.24) is 0 Å². The predicted molar refractivity (Wildman–Crippen MR) is 62.8 cm³/mol. The normalized spacial score (nSPS) is 29.1. The van der Waals surface area contributed by atoms with Crippen molar-refractivity contribution in [2.45, 2.75) is 31.6 Å². The van der Waals surface area contributed by atoms with E-state index in [0.717, 1.165) is 24.8 Å². The summed E-state index contributed by atoms with van der Waals surface area (Å²) in [6.45, 7) is 2.28. The van der Waals surface area contributed by atoms with Crippen molar-refractivity contribution in [3.05, 3.63) is 29.3 Å². The van der Waals surface area contributed by atoms with E-state index in [1.807, 2.05) is 19.1 Å². The zero-order valence-corrected chi connectivity index (χ0v) is 9.90. The van der Waals surface area contributed by atoms with Gasteiger partial charge < -0.3 is 9.84 Å². The summed E-state index contributed by atoms with van der Waals surface area (Å²) >= 11 is 0. The second-order valence-electron chi connectivity index (χ2n) is 5.01. The summed E-state index contributed by atoms with van der Waals surface area (Å²) in [7, 11) is 0. The highest BCUT2D eigenvalue weighted by Gasteiger charge is 2.62. The first-order valence-corrected chi connectivity index (χ1v) is 6.16. The van der Waals surface area contributed by atoms with E-state index in [1.165, 1.54) is 5.56 Å². The number of hydrogen-bond acceptors (Lipinski definition) is 3. The molecule has 3 rings (SSSR count). The number of carbonyl (C=O) groups excluding carboxylic acids is 1. The third kappa shape index (κ3) is 1.45. The monoisotopic (exact) mass is 232 g/mol. The number of ether oxygens (including phenoxy) is 1. The van der Waals surface area contributed by atoms with Crippen molar-refractivity contribution in [2.75, 3.05) is 6.61 Å². The van der Waals surface area contributed by atoms with E-state index in [4.69, 9.17) is 4.74 Å². The van der Waals surface area contributed by atoms with Crippen LogP contribution in [0.25, 0.3) is 0 Å². The van der Waals surface area contributed by atoms with Gasteiger partial charge in [0.25, 0.3) is 0 Å². The molecule has 3 nitrogen and oxygen atoms in total. The summed E-state index contributed by atoms with van der Waals surface area (Å²) in [5.74, 6) is 0.216. The standard InChI is InChI=1S/C14H16O3/c1-2-17-13(16)12-8-14(12)6-5-9-3-4-10(15)7-11(9)14/h3-4,7,12,15H,2,5-6,8H2,1H3/t12?,14-/m0/s1. The third-order valence-corrected chi connectivity index (χ3v) is 4.12.